The van der Waals surface area contributed by atoms with Crippen LogP contribution in [0.15, 0.2) is 22.3 Å². The van der Waals surface area contributed by atoms with Gasteiger partial charge in [-0.2, -0.15) is 0 Å². The number of rotatable bonds is 5. The van der Waals surface area contributed by atoms with Gasteiger partial charge in [0, 0.05) is 6.54 Å². The Bertz CT molecular complexity index is 1000. The number of fused-ring (bicyclic) bond motifs is 1. The van der Waals surface area contributed by atoms with Gasteiger partial charge in [-0.15, -0.1) is 11.3 Å². The van der Waals surface area contributed by atoms with E-state index >= 15 is 0 Å². The maximum atomic E-state index is 12.5. The average molecular weight is 346 g/mol. The Labute approximate surface area is 139 Å². The molecular formula is C14H14N6O3S. The second-order valence-electron chi connectivity index (χ2n) is 4.99. The van der Waals surface area contributed by atoms with E-state index in [0.29, 0.717) is 12.4 Å². The predicted molar refractivity (Wildman–Crippen MR) is 88.5 cm³/mol. The molecule has 24 heavy (non-hydrogen) atoms. The molecule has 0 saturated heterocycles. The number of hydrogen-bond donors (Lipinski definition) is 2. The average Bonchev–Trinajstić information content (AvgIpc) is 3.14. The molecule has 0 unspecified atom stereocenters. The lowest BCUT2D eigenvalue weighted by Crippen LogP contribution is -2.30. The summed E-state index contributed by atoms with van der Waals surface area (Å²) < 4.78 is 2.43. The Hall–Kier alpha value is -3.01. The summed E-state index contributed by atoms with van der Waals surface area (Å²) in [6.45, 7) is 1.68. The van der Waals surface area contributed by atoms with Crippen LogP contribution >= 0.6 is 11.3 Å². The summed E-state index contributed by atoms with van der Waals surface area (Å²) in [5, 5.41) is 1.85. The minimum Gasteiger partial charge on any atom is -0.368 e. The highest BCUT2D eigenvalue weighted by Gasteiger charge is 2.23. The first-order valence-corrected chi connectivity index (χ1v) is 7.95. The summed E-state index contributed by atoms with van der Waals surface area (Å²) in [5.74, 6) is -1.23. The molecule has 0 aliphatic carbocycles. The lowest BCUT2D eigenvalue weighted by Gasteiger charge is -2.05. The van der Waals surface area contributed by atoms with Gasteiger partial charge in [-0.25, -0.2) is 14.8 Å². The minimum absolute atomic E-state index is 0.117. The lowest BCUT2D eigenvalue weighted by atomic mass is 10.3. The minimum atomic E-state index is -0.813. The quantitative estimate of drug-likeness (QED) is 0.665. The third-order valence-corrected chi connectivity index (χ3v) is 4.32. The van der Waals surface area contributed by atoms with Crippen LogP contribution < -0.4 is 17.2 Å². The first-order valence-electron chi connectivity index (χ1n) is 7.07. The smallest absolute Gasteiger partial charge is 0.330 e. The molecule has 124 valence electrons. The molecule has 0 aliphatic heterocycles. The Morgan fingerprint density at radius 3 is 2.54 bits per heavy atom. The van der Waals surface area contributed by atoms with Crippen LogP contribution in [0.5, 0.6) is 0 Å². The van der Waals surface area contributed by atoms with Crippen molar-refractivity contribution in [3.05, 3.63) is 33.7 Å². The second-order valence-corrected chi connectivity index (χ2v) is 5.94. The van der Waals surface area contributed by atoms with Crippen LogP contribution in [-0.4, -0.2) is 30.9 Å². The number of aromatic nitrogens is 4. The van der Waals surface area contributed by atoms with Crippen LogP contribution in [-0.2, 0) is 17.9 Å². The van der Waals surface area contributed by atoms with E-state index in [1.807, 2.05) is 11.4 Å². The molecule has 0 aliphatic rings. The Kier molecular flexibility index (Phi) is 3.89. The van der Waals surface area contributed by atoms with Gasteiger partial charge in [0.2, 0.25) is 5.91 Å². The number of carbonyl (C=O) groups excluding carboxylic acids is 2. The van der Waals surface area contributed by atoms with Crippen molar-refractivity contribution in [2.75, 3.05) is 0 Å². The van der Waals surface area contributed by atoms with Gasteiger partial charge in [-0.1, -0.05) is 6.07 Å². The maximum absolute atomic E-state index is 12.5. The number of imidazole rings is 1. The van der Waals surface area contributed by atoms with E-state index < -0.39 is 17.5 Å². The van der Waals surface area contributed by atoms with Crippen LogP contribution in [0.2, 0.25) is 0 Å². The number of nitrogens with zero attached hydrogens (tertiary/aromatic N) is 4. The summed E-state index contributed by atoms with van der Waals surface area (Å²) in [4.78, 5) is 45.0. The lowest BCUT2D eigenvalue weighted by molar-refractivity contribution is -0.118. The zero-order valence-electron chi connectivity index (χ0n) is 12.7. The van der Waals surface area contributed by atoms with E-state index in [4.69, 9.17) is 11.5 Å². The molecule has 4 N–H and O–H groups in total. The van der Waals surface area contributed by atoms with Gasteiger partial charge < -0.3 is 11.5 Å². The van der Waals surface area contributed by atoms with Crippen molar-refractivity contribution in [1.29, 1.82) is 0 Å². The highest BCUT2D eigenvalue weighted by Crippen LogP contribution is 2.24. The number of thiophene rings is 1. The number of hydrogen-bond acceptors (Lipinski definition) is 6. The number of carbonyl (C=O) groups is 2. The number of primary amides is 2. The summed E-state index contributed by atoms with van der Waals surface area (Å²) in [7, 11) is 0. The second kappa shape index (κ2) is 5.89. The Morgan fingerprint density at radius 2 is 2.00 bits per heavy atom. The van der Waals surface area contributed by atoms with Crippen LogP contribution in [0.1, 0.15) is 17.4 Å². The molecule has 0 aromatic carbocycles. The van der Waals surface area contributed by atoms with Crippen molar-refractivity contribution < 1.29 is 9.59 Å². The molecule has 3 aromatic rings. The van der Waals surface area contributed by atoms with Crippen LogP contribution in [0.3, 0.4) is 0 Å². The fraction of sp³-hybridized carbons (Fsp3) is 0.214. The van der Waals surface area contributed by atoms with Gasteiger partial charge >= 0.3 is 5.69 Å². The molecule has 0 fully saturated rings. The van der Waals surface area contributed by atoms with E-state index in [0.717, 1.165) is 9.44 Å². The van der Waals surface area contributed by atoms with Crippen molar-refractivity contribution >= 4 is 34.3 Å². The Morgan fingerprint density at radius 1 is 1.25 bits per heavy atom. The highest BCUT2D eigenvalue weighted by molar-refractivity contribution is 7.13. The fourth-order valence-corrected chi connectivity index (χ4v) is 3.14. The molecule has 0 atom stereocenters. The Balaban J connectivity index is 2.43. The van der Waals surface area contributed by atoms with Crippen molar-refractivity contribution in [2.45, 2.75) is 20.0 Å². The molecule has 0 spiro atoms. The van der Waals surface area contributed by atoms with E-state index in [9.17, 15) is 14.4 Å². The predicted octanol–water partition coefficient (Wildman–Crippen LogP) is -0.0744. The highest BCUT2D eigenvalue weighted by atomic mass is 32.1. The molecular weight excluding hydrogens is 332 g/mol. The van der Waals surface area contributed by atoms with Crippen LogP contribution in [0, 0.1) is 0 Å². The van der Waals surface area contributed by atoms with E-state index in [2.05, 4.69) is 9.97 Å². The van der Waals surface area contributed by atoms with Crippen molar-refractivity contribution in [3.8, 4) is 10.7 Å². The SMILES string of the molecule is CCn1c(=O)n(CC(N)=O)c2c(C(N)=O)nc(-c3cccs3)nc21. The molecule has 2 amide bonds. The molecule has 0 bridgehead atoms. The third-order valence-electron chi connectivity index (χ3n) is 3.46. The third kappa shape index (κ3) is 2.46. The number of nitrogens with two attached hydrogens (primary N) is 2. The molecule has 3 aromatic heterocycles. The standard InChI is InChI=1S/C14H14N6O3S/c1-2-19-13-10(20(14(19)23)6-8(15)21)9(11(16)22)17-12(18-13)7-4-3-5-24-7/h3-5H,2,6H2,1H3,(H2,15,21)(H2,16,22). The molecule has 9 nitrogen and oxygen atoms in total. The van der Waals surface area contributed by atoms with Gasteiger partial charge in [0.25, 0.3) is 5.91 Å². The van der Waals surface area contributed by atoms with Crippen LogP contribution in [0.25, 0.3) is 21.9 Å². The van der Waals surface area contributed by atoms with Crippen LogP contribution in [0.4, 0.5) is 0 Å². The maximum Gasteiger partial charge on any atom is 0.330 e. The molecule has 3 rings (SSSR count). The van der Waals surface area contributed by atoms with Gasteiger partial charge in [0.15, 0.2) is 17.2 Å². The zero-order valence-corrected chi connectivity index (χ0v) is 13.5. The molecule has 0 radical (unpaired) electrons. The number of amides is 2. The first kappa shape index (κ1) is 15.9. The fourth-order valence-electron chi connectivity index (χ4n) is 2.49. The summed E-state index contributed by atoms with van der Waals surface area (Å²) in [5.41, 5.74) is 10.4. The van der Waals surface area contributed by atoms with E-state index in [1.54, 1.807) is 13.0 Å². The van der Waals surface area contributed by atoms with Gasteiger partial charge in [-0.05, 0) is 18.4 Å². The first-order chi connectivity index (χ1) is 11.4. The number of aryl methyl sites for hydroxylation is 1. The van der Waals surface area contributed by atoms with E-state index in [-0.39, 0.29) is 23.4 Å². The summed E-state index contributed by atoms with van der Waals surface area (Å²) >= 11 is 1.39. The van der Waals surface area contributed by atoms with Crippen molar-refractivity contribution in [3.63, 3.8) is 0 Å². The van der Waals surface area contributed by atoms with Crippen molar-refractivity contribution in [1.82, 2.24) is 19.1 Å². The summed E-state index contributed by atoms with van der Waals surface area (Å²) in [6, 6.07) is 3.62. The normalized spacial score (nSPS) is 11.0. The van der Waals surface area contributed by atoms with Gasteiger partial charge in [-0.3, -0.25) is 18.7 Å². The van der Waals surface area contributed by atoms with Gasteiger partial charge in [0.1, 0.15) is 12.1 Å². The monoisotopic (exact) mass is 346 g/mol. The molecule has 3 heterocycles. The topological polar surface area (TPSA) is 139 Å². The van der Waals surface area contributed by atoms with Crippen molar-refractivity contribution in [2.24, 2.45) is 11.5 Å². The largest absolute Gasteiger partial charge is 0.368 e. The van der Waals surface area contributed by atoms with E-state index in [1.165, 1.54) is 15.9 Å². The molecule has 10 heteroatoms. The zero-order chi connectivity index (χ0) is 17.4. The molecule has 0 saturated carbocycles. The summed E-state index contributed by atoms with van der Waals surface area (Å²) in [6.07, 6.45) is 0. The van der Waals surface area contributed by atoms with Gasteiger partial charge in [0.05, 0.1) is 4.88 Å².